The number of nitrogens with one attached hydrogen (secondary N) is 1. The average molecular weight is 417 g/mol. The van der Waals surface area contributed by atoms with Crippen LogP contribution >= 0.6 is 11.3 Å². The lowest BCUT2D eigenvalue weighted by Gasteiger charge is -2.00. The second-order valence-electron chi connectivity index (χ2n) is 6.73. The summed E-state index contributed by atoms with van der Waals surface area (Å²) < 4.78 is 5.72. The Labute approximate surface area is 177 Å². The molecule has 1 N–H and O–H groups in total. The third-order valence-electron chi connectivity index (χ3n) is 4.48. The van der Waals surface area contributed by atoms with Gasteiger partial charge in [0.1, 0.15) is 5.76 Å². The van der Waals surface area contributed by atoms with Gasteiger partial charge in [-0.2, -0.15) is 0 Å². The van der Waals surface area contributed by atoms with Crippen molar-refractivity contribution in [2.45, 2.75) is 20.3 Å². The molecule has 150 valence electrons. The molecule has 0 aliphatic rings. The number of benzene rings is 2. The standard InChI is InChI=1S/C23H19N3O3S/c1-14(27)21-20(16-9-5-3-6-10-16)26-23(30-21)25-19(28)13-18-15(2)29-22(24-18)17-11-7-4-8-12-17/h3-12H,13H2,1-2H3,(H,25,26,28). The van der Waals surface area contributed by atoms with Gasteiger partial charge in [0.15, 0.2) is 10.9 Å². The number of Topliss-reactive ketones (excluding diaryl/α,β-unsaturated/α-hetero) is 1. The minimum Gasteiger partial charge on any atom is -0.441 e. The molecule has 6 nitrogen and oxygen atoms in total. The SMILES string of the molecule is CC(=O)c1sc(NC(=O)Cc2nc(-c3ccccc3)oc2C)nc1-c1ccccc1. The lowest BCUT2D eigenvalue weighted by Crippen LogP contribution is -2.15. The largest absolute Gasteiger partial charge is 0.441 e. The molecule has 0 spiro atoms. The first-order valence-electron chi connectivity index (χ1n) is 9.40. The van der Waals surface area contributed by atoms with Gasteiger partial charge in [-0.05, 0) is 19.1 Å². The molecule has 1 amide bonds. The predicted octanol–water partition coefficient (Wildman–Crippen LogP) is 5.16. The number of carbonyl (C=O) groups is 2. The molecule has 30 heavy (non-hydrogen) atoms. The van der Waals surface area contributed by atoms with Crippen molar-refractivity contribution >= 4 is 28.2 Å². The number of aryl methyl sites for hydroxylation is 1. The molecule has 4 aromatic rings. The number of anilines is 1. The normalized spacial score (nSPS) is 10.7. The minimum absolute atomic E-state index is 0.0534. The number of hydrogen-bond donors (Lipinski definition) is 1. The fourth-order valence-electron chi connectivity index (χ4n) is 3.02. The molecule has 4 rings (SSSR count). The number of hydrogen-bond acceptors (Lipinski definition) is 6. The van der Waals surface area contributed by atoms with Crippen LogP contribution in [0, 0.1) is 6.92 Å². The van der Waals surface area contributed by atoms with Crippen molar-refractivity contribution in [3.8, 4) is 22.7 Å². The number of rotatable bonds is 6. The zero-order valence-electron chi connectivity index (χ0n) is 16.5. The van der Waals surface area contributed by atoms with Crippen LogP contribution in [0.3, 0.4) is 0 Å². The van der Waals surface area contributed by atoms with Crippen LogP contribution in [-0.2, 0) is 11.2 Å². The van der Waals surface area contributed by atoms with Crippen molar-refractivity contribution in [3.63, 3.8) is 0 Å². The number of carbonyl (C=O) groups excluding carboxylic acids is 2. The van der Waals surface area contributed by atoms with Gasteiger partial charge in [-0.1, -0.05) is 59.9 Å². The third-order valence-corrected chi connectivity index (χ3v) is 5.55. The lowest BCUT2D eigenvalue weighted by atomic mass is 10.1. The highest BCUT2D eigenvalue weighted by atomic mass is 32.1. The summed E-state index contributed by atoms with van der Waals surface area (Å²) in [4.78, 5) is 34.1. The predicted molar refractivity (Wildman–Crippen MR) is 117 cm³/mol. The Bertz CT molecular complexity index is 1200. The van der Waals surface area contributed by atoms with E-state index in [0.717, 1.165) is 11.1 Å². The Morgan fingerprint density at radius 3 is 2.23 bits per heavy atom. The van der Waals surface area contributed by atoms with E-state index in [1.807, 2.05) is 60.7 Å². The van der Waals surface area contributed by atoms with E-state index in [1.54, 1.807) is 6.92 Å². The molecule has 2 aromatic carbocycles. The highest BCUT2D eigenvalue weighted by molar-refractivity contribution is 7.18. The van der Waals surface area contributed by atoms with Crippen molar-refractivity contribution in [3.05, 3.63) is 77.0 Å². The molecule has 0 aliphatic carbocycles. The van der Waals surface area contributed by atoms with Gasteiger partial charge in [0.2, 0.25) is 11.8 Å². The Morgan fingerprint density at radius 2 is 1.60 bits per heavy atom. The van der Waals surface area contributed by atoms with E-state index in [4.69, 9.17) is 4.42 Å². The maximum Gasteiger partial charge on any atom is 0.232 e. The van der Waals surface area contributed by atoms with Crippen molar-refractivity contribution < 1.29 is 14.0 Å². The van der Waals surface area contributed by atoms with Gasteiger partial charge in [-0.3, -0.25) is 9.59 Å². The van der Waals surface area contributed by atoms with Crippen molar-refractivity contribution in [1.82, 2.24) is 9.97 Å². The number of nitrogens with zero attached hydrogens (tertiary/aromatic N) is 2. The average Bonchev–Trinajstić information content (AvgIpc) is 3.33. The highest BCUT2D eigenvalue weighted by Crippen LogP contribution is 2.31. The molecule has 0 unspecified atom stereocenters. The molecule has 0 saturated carbocycles. The molecule has 0 saturated heterocycles. The summed E-state index contributed by atoms with van der Waals surface area (Å²) in [6.07, 6.45) is 0.0534. The first kappa shape index (κ1) is 19.7. The van der Waals surface area contributed by atoms with E-state index in [-0.39, 0.29) is 18.1 Å². The van der Waals surface area contributed by atoms with Crippen molar-refractivity contribution in [1.29, 1.82) is 0 Å². The molecule has 7 heteroatoms. The number of ketones is 1. The first-order valence-corrected chi connectivity index (χ1v) is 10.2. The quantitative estimate of drug-likeness (QED) is 0.438. The van der Waals surface area contributed by atoms with Gasteiger partial charge < -0.3 is 9.73 Å². The third kappa shape index (κ3) is 4.21. The molecule has 2 heterocycles. The van der Waals surface area contributed by atoms with Gasteiger partial charge in [0.05, 0.1) is 22.7 Å². The molecule has 2 aromatic heterocycles. The lowest BCUT2D eigenvalue weighted by molar-refractivity contribution is -0.115. The molecule has 0 aliphatic heterocycles. The summed E-state index contributed by atoms with van der Waals surface area (Å²) >= 11 is 1.17. The number of aromatic nitrogens is 2. The van der Waals surface area contributed by atoms with Crippen LogP contribution in [0.5, 0.6) is 0 Å². The summed E-state index contributed by atoms with van der Waals surface area (Å²) in [5.41, 5.74) is 2.83. The maximum absolute atomic E-state index is 12.6. The Balaban J connectivity index is 1.53. The first-order chi connectivity index (χ1) is 14.5. The van der Waals surface area contributed by atoms with Crippen LogP contribution in [0.1, 0.15) is 28.0 Å². The number of thiazole rings is 1. The molecule has 0 bridgehead atoms. The van der Waals surface area contributed by atoms with Crippen LogP contribution in [-0.4, -0.2) is 21.7 Å². The van der Waals surface area contributed by atoms with E-state index in [9.17, 15) is 9.59 Å². The second-order valence-corrected chi connectivity index (χ2v) is 7.73. The van der Waals surface area contributed by atoms with Gasteiger partial charge >= 0.3 is 0 Å². The smallest absolute Gasteiger partial charge is 0.232 e. The fraction of sp³-hybridized carbons (Fsp3) is 0.130. The van der Waals surface area contributed by atoms with Crippen LogP contribution in [0.25, 0.3) is 22.7 Å². The van der Waals surface area contributed by atoms with Crippen LogP contribution in [0.4, 0.5) is 5.13 Å². The van der Waals surface area contributed by atoms with E-state index in [1.165, 1.54) is 18.3 Å². The molecule has 0 fully saturated rings. The number of amides is 1. The van der Waals surface area contributed by atoms with Gasteiger partial charge in [-0.25, -0.2) is 9.97 Å². The van der Waals surface area contributed by atoms with E-state index < -0.39 is 0 Å². The Hall–Kier alpha value is -3.58. The summed E-state index contributed by atoms with van der Waals surface area (Å²) in [5.74, 6) is 0.717. The summed E-state index contributed by atoms with van der Waals surface area (Å²) in [6, 6.07) is 19.0. The molecular weight excluding hydrogens is 398 g/mol. The summed E-state index contributed by atoms with van der Waals surface area (Å²) in [5, 5.41) is 3.17. The molecular formula is C23H19N3O3S. The van der Waals surface area contributed by atoms with E-state index in [2.05, 4.69) is 15.3 Å². The highest BCUT2D eigenvalue weighted by Gasteiger charge is 2.19. The van der Waals surface area contributed by atoms with Gasteiger partial charge in [0, 0.05) is 18.1 Å². The Morgan fingerprint density at radius 1 is 0.967 bits per heavy atom. The van der Waals surface area contributed by atoms with Gasteiger partial charge in [-0.15, -0.1) is 0 Å². The molecule has 0 atom stereocenters. The van der Waals surface area contributed by atoms with Crippen LogP contribution in [0.2, 0.25) is 0 Å². The van der Waals surface area contributed by atoms with E-state index >= 15 is 0 Å². The zero-order valence-corrected chi connectivity index (χ0v) is 17.3. The van der Waals surface area contributed by atoms with Crippen LogP contribution < -0.4 is 5.32 Å². The van der Waals surface area contributed by atoms with Crippen LogP contribution in [0.15, 0.2) is 65.1 Å². The Kier molecular flexibility index (Phi) is 5.54. The topological polar surface area (TPSA) is 85.1 Å². The summed E-state index contributed by atoms with van der Waals surface area (Å²) in [7, 11) is 0. The maximum atomic E-state index is 12.6. The van der Waals surface area contributed by atoms with Gasteiger partial charge in [0.25, 0.3) is 0 Å². The molecule has 0 radical (unpaired) electrons. The monoisotopic (exact) mass is 417 g/mol. The number of oxazole rings is 1. The van der Waals surface area contributed by atoms with Crippen molar-refractivity contribution in [2.24, 2.45) is 0 Å². The minimum atomic E-state index is -0.269. The fourth-order valence-corrected chi connectivity index (χ4v) is 3.91. The van der Waals surface area contributed by atoms with Crippen molar-refractivity contribution in [2.75, 3.05) is 5.32 Å². The zero-order chi connectivity index (χ0) is 21.1. The van der Waals surface area contributed by atoms with E-state index in [0.29, 0.717) is 33.0 Å². The summed E-state index contributed by atoms with van der Waals surface area (Å²) in [6.45, 7) is 3.28. The second kappa shape index (κ2) is 8.42.